The average molecular weight is 246 g/mol. The zero-order chi connectivity index (χ0) is 13.0. The van der Waals surface area contributed by atoms with Gasteiger partial charge in [-0.2, -0.15) is 0 Å². The molecule has 1 aromatic carbocycles. The molecular formula is C14H14O4. The second kappa shape index (κ2) is 5.49. The van der Waals surface area contributed by atoms with Crippen LogP contribution in [0.1, 0.15) is 28.8 Å². The highest BCUT2D eigenvalue weighted by Crippen LogP contribution is 2.15. The highest BCUT2D eigenvalue weighted by Gasteiger charge is 2.24. The van der Waals surface area contributed by atoms with Crippen molar-refractivity contribution in [1.29, 1.82) is 0 Å². The first-order chi connectivity index (χ1) is 8.69. The Morgan fingerprint density at radius 3 is 2.72 bits per heavy atom. The fourth-order valence-electron chi connectivity index (χ4n) is 1.73. The highest BCUT2D eigenvalue weighted by molar-refractivity contribution is 5.90. The van der Waals surface area contributed by atoms with Gasteiger partial charge >= 0.3 is 11.9 Å². The SMILES string of the molecule is C=Cc1ccc(C(=O)OC2CCOC(=O)C2)cc1. The van der Waals surface area contributed by atoms with E-state index in [4.69, 9.17) is 9.47 Å². The van der Waals surface area contributed by atoms with Gasteiger partial charge in [-0.25, -0.2) is 4.79 Å². The van der Waals surface area contributed by atoms with Crippen LogP contribution in [0.15, 0.2) is 30.8 Å². The van der Waals surface area contributed by atoms with Crippen molar-refractivity contribution in [2.75, 3.05) is 6.61 Å². The molecule has 4 nitrogen and oxygen atoms in total. The average Bonchev–Trinajstić information content (AvgIpc) is 2.39. The molecular weight excluding hydrogens is 232 g/mol. The fraction of sp³-hybridized carbons (Fsp3) is 0.286. The van der Waals surface area contributed by atoms with Crippen molar-refractivity contribution in [2.24, 2.45) is 0 Å². The van der Waals surface area contributed by atoms with Gasteiger partial charge in [0.1, 0.15) is 6.10 Å². The maximum absolute atomic E-state index is 11.8. The Morgan fingerprint density at radius 2 is 2.11 bits per heavy atom. The smallest absolute Gasteiger partial charge is 0.338 e. The third-order valence-corrected chi connectivity index (χ3v) is 2.75. The van der Waals surface area contributed by atoms with Crippen LogP contribution in [0, 0.1) is 0 Å². The van der Waals surface area contributed by atoms with Crippen LogP contribution in [0.4, 0.5) is 0 Å². The molecule has 0 amide bonds. The Morgan fingerprint density at radius 1 is 1.39 bits per heavy atom. The van der Waals surface area contributed by atoms with E-state index in [1.807, 2.05) is 0 Å². The maximum atomic E-state index is 11.8. The molecule has 18 heavy (non-hydrogen) atoms. The molecule has 0 spiro atoms. The van der Waals surface area contributed by atoms with Crippen LogP contribution in [-0.4, -0.2) is 24.6 Å². The highest BCUT2D eigenvalue weighted by atomic mass is 16.6. The summed E-state index contributed by atoms with van der Waals surface area (Å²) in [4.78, 5) is 22.9. The molecule has 1 fully saturated rings. The van der Waals surface area contributed by atoms with Gasteiger partial charge in [-0.15, -0.1) is 0 Å². The maximum Gasteiger partial charge on any atom is 0.338 e. The molecule has 1 heterocycles. The molecule has 1 aromatic rings. The molecule has 1 atom stereocenters. The van der Waals surface area contributed by atoms with E-state index in [9.17, 15) is 9.59 Å². The number of hydrogen-bond acceptors (Lipinski definition) is 4. The summed E-state index contributed by atoms with van der Waals surface area (Å²) in [6.07, 6.45) is 2.02. The van der Waals surface area contributed by atoms with E-state index in [-0.39, 0.29) is 18.5 Å². The summed E-state index contributed by atoms with van der Waals surface area (Å²) in [6.45, 7) is 3.95. The standard InChI is InChI=1S/C14H14O4/c1-2-10-3-5-11(6-4-10)14(16)18-12-7-8-17-13(15)9-12/h2-6,12H,1,7-9H2. The Kier molecular flexibility index (Phi) is 3.77. The van der Waals surface area contributed by atoms with Gasteiger partial charge in [0.15, 0.2) is 0 Å². The molecule has 1 saturated heterocycles. The largest absolute Gasteiger partial charge is 0.465 e. The first kappa shape index (κ1) is 12.4. The van der Waals surface area contributed by atoms with Crippen molar-refractivity contribution in [3.8, 4) is 0 Å². The lowest BCUT2D eigenvalue weighted by molar-refractivity contribution is -0.151. The predicted molar refractivity (Wildman–Crippen MR) is 65.9 cm³/mol. The zero-order valence-electron chi connectivity index (χ0n) is 9.93. The topological polar surface area (TPSA) is 52.6 Å². The second-order valence-corrected chi connectivity index (χ2v) is 4.07. The number of benzene rings is 1. The van der Waals surface area contributed by atoms with Crippen LogP contribution >= 0.6 is 0 Å². The van der Waals surface area contributed by atoms with Crippen molar-refractivity contribution in [1.82, 2.24) is 0 Å². The van der Waals surface area contributed by atoms with E-state index >= 15 is 0 Å². The minimum atomic E-state index is -0.412. The predicted octanol–water partition coefficient (Wildman–Crippen LogP) is 2.19. The molecule has 0 N–H and O–H groups in total. The third kappa shape index (κ3) is 2.97. The molecule has 0 radical (unpaired) electrons. The quantitative estimate of drug-likeness (QED) is 0.767. The van der Waals surface area contributed by atoms with E-state index in [0.717, 1.165) is 5.56 Å². The van der Waals surface area contributed by atoms with E-state index in [0.29, 0.717) is 18.6 Å². The Balaban J connectivity index is 1.98. The Labute approximate surface area is 105 Å². The molecule has 0 aromatic heterocycles. The van der Waals surface area contributed by atoms with Gasteiger partial charge in [-0.1, -0.05) is 24.8 Å². The van der Waals surface area contributed by atoms with Crippen molar-refractivity contribution in [3.63, 3.8) is 0 Å². The van der Waals surface area contributed by atoms with Crippen LogP contribution in [0.25, 0.3) is 6.08 Å². The molecule has 0 bridgehead atoms. The van der Waals surface area contributed by atoms with E-state index < -0.39 is 5.97 Å². The summed E-state index contributed by atoms with van der Waals surface area (Å²) in [6, 6.07) is 6.94. The first-order valence-corrected chi connectivity index (χ1v) is 5.78. The van der Waals surface area contributed by atoms with Crippen LogP contribution in [0.5, 0.6) is 0 Å². The molecule has 94 valence electrons. The van der Waals surface area contributed by atoms with Crippen LogP contribution in [0.3, 0.4) is 0 Å². The minimum absolute atomic E-state index is 0.135. The number of ether oxygens (including phenoxy) is 2. The lowest BCUT2D eigenvalue weighted by Gasteiger charge is -2.21. The fourth-order valence-corrected chi connectivity index (χ4v) is 1.73. The number of cyclic esters (lactones) is 1. The summed E-state index contributed by atoms with van der Waals surface area (Å²) in [5.74, 6) is -0.730. The lowest BCUT2D eigenvalue weighted by Crippen LogP contribution is -2.29. The second-order valence-electron chi connectivity index (χ2n) is 4.07. The van der Waals surface area contributed by atoms with E-state index in [1.54, 1.807) is 30.3 Å². The monoisotopic (exact) mass is 246 g/mol. The molecule has 4 heteroatoms. The summed E-state index contributed by atoms with van der Waals surface area (Å²) < 4.78 is 10.0. The van der Waals surface area contributed by atoms with Gasteiger partial charge in [0.25, 0.3) is 0 Å². The molecule has 0 aliphatic carbocycles. The Bertz CT molecular complexity index is 461. The number of carbonyl (C=O) groups is 2. The van der Waals surface area contributed by atoms with Crippen LogP contribution < -0.4 is 0 Å². The number of rotatable bonds is 3. The molecule has 1 unspecified atom stereocenters. The number of hydrogen-bond donors (Lipinski definition) is 0. The van der Waals surface area contributed by atoms with Gasteiger partial charge in [-0.05, 0) is 17.7 Å². The Hall–Kier alpha value is -2.10. The first-order valence-electron chi connectivity index (χ1n) is 5.78. The van der Waals surface area contributed by atoms with Crippen LogP contribution in [0.2, 0.25) is 0 Å². The van der Waals surface area contributed by atoms with E-state index in [2.05, 4.69) is 6.58 Å². The van der Waals surface area contributed by atoms with Crippen molar-refractivity contribution in [3.05, 3.63) is 42.0 Å². The van der Waals surface area contributed by atoms with Gasteiger partial charge in [0.2, 0.25) is 0 Å². The normalized spacial score (nSPS) is 18.9. The summed E-state index contributed by atoms with van der Waals surface area (Å²) in [7, 11) is 0. The van der Waals surface area contributed by atoms with Crippen molar-refractivity contribution in [2.45, 2.75) is 18.9 Å². The van der Waals surface area contributed by atoms with Crippen molar-refractivity contribution >= 4 is 18.0 Å². The number of carbonyl (C=O) groups excluding carboxylic acids is 2. The number of esters is 2. The molecule has 1 aliphatic heterocycles. The lowest BCUT2D eigenvalue weighted by atomic mass is 10.1. The summed E-state index contributed by atoms with van der Waals surface area (Å²) >= 11 is 0. The van der Waals surface area contributed by atoms with Gasteiger partial charge in [0, 0.05) is 6.42 Å². The van der Waals surface area contributed by atoms with Gasteiger partial charge in [-0.3, -0.25) is 4.79 Å². The summed E-state index contributed by atoms with van der Waals surface area (Å²) in [5.41, 5.74) is 1.41. The van der Waals surface area contributed by atoms with Gasteiger partial charge in [0.05, 0.1) is 18.6 Å². The van der Waals surface area contributed by atoms with E-state index in [1.165, 1.54) is 0 Å². The van der Waals surface area contributed by atoms with Crippen LogP contribution in [-0.2, 0) is 14.3 Å². The zero-order valence-corrected chi connectivity index (χ0v) is 9.93. The molecule has 0 saturated carbocycles. The molecule has 2 rings (SSSR count). The molecule has 1 aliphatic rings. The summed E-state index contributed by atoms with van der Waals surface area (Å²) in [5, 5.41) is 0. The minimum Gasteiger partial charge on any atom is -0.465 e. The van der Waals surface area contributed by atoms with Gasteiger partial charge < -0.3 is 9.47 Å². The van der Waals surface area contributed by atoms with Crippen molar-refractivity contribution < 1.29 is 19.1 Å². The third-order valence-electron chi connectivity index (χ3n) is 2.75.